The summed E-state index contributed by atoms with van der Waals surface area (Å²) in [6.07, 6.45) is 6.85. The van der Waals surface area contributed by atoms with E-state index in [0.717, 1.165) is 11.3 Å². The van der Waals surface area contributed by atoms with Gasteiger partial charge in [0.1, 0.15) is 0 Å². The van der Waals surface area contributed by atoms with Crippen LogP contribution in [-0.2, 0) is 7.05 Å². The van der Waals surface area contributed by atoms with Crippen LogP contribution in [0.3, 0.4) is 0 Å². The van der Waals surface area contributed by atoms with Crippen molar-refractivity contribution in [1.29, 1.82) is 0 Å². The van der Waals surface area contributed by atoms with Crippen LogP contribution in [0.4, 0.5) is 0 Å². The molecule has 0 atom stereocenters. The van der Waals surface area contributed by atoms with Crippen LogP contribution in [0.15, 0.2) is 43.0 Å². The topological polar surface area (TPSA) is 65.7 Å². The number of nitrogens with zero attached hydrogens (tertiary/aromatic N) is 5. The molecule has 0 amide bonds. The zero-order chi connectivity index (χ0) is 13.9. The van der Waals surface area contributed by atoms with Gasteiger partial charge >= 0.3 is 0 Å². The predicted molar refractivity (Wildman–Crippen MR) is 73.3 cm³/mol. The Labute approximate surface area is 116 Å². The third kappa shape index (κ3) is 2.64. The zero-order valence-corrected chi connectivity index (χ0v) is 11.2. The number of aromatic nitrogens is 5. The molecule has 0 saturated heterocycles. The van der Waals surface area contributed by atoms with Crippen molar-refractivity contribution in [3.05, 3.63) is 48.7 Å². The van der Waals surface area contributed by atoms with Gasteiger partial charge in [-0.1, -0.05) is 0 Å². The average molecular weight is 267 g/mol. The molecule has 3 rings (SSSR count). The van der Waals surface area contributed by atoms with E-state index >= 15 is 0 Å². The Morgan fingerprint density at radius 2 is 1.95 bits per heavy atom. The van der Waals surface area contributed by atoms with E-state index in [-0.39, 0.29) is 0 Å². The first-order valence-corrected chi connectivity index (χ1v) is 6.13. The van der Waals surface area contributed by atoms with Crippen LogP contribution in [0.2, 0.25) is 0 Å². The van der Waals surface area contributed by atoms with Gasteiger partial charge in [0.2, 0.25) is 5.88 Å². The van der Waals surface area contributed by atoms with Gasteiger partial charge in [0.25, 0.3) is 0 Å². The SMILES string of the molecule is Cc1cc(Oc2cnn(C)c2)nc(-c2ccncc2)n1. The first-order valence-electron chi connectivity index (χ1n) is 6.13. The van der Waals surface area contributed by atoms with Crippen LogP contribution >= 0.6 is 0 Å². The Morgan fingerprint density at radius 3 is 2.65 bits per heavy atom. The van der Waals surface area contributed by atoms with Crippen molar-refractivity contribution in [3.8, 4) is 23.0 Å². The highest BCUT2D eigenvalue weighted by Crippen LogP contribution is 2.22. The molecule has 0 N–H and O–H groups in total. The number of rotatable bonds is 3. The van der Waals surface area contributed by atoms with Crippen molar-refractivity contribution >= 4 is 0 Å². The molecule has 0 spiro atoms. The molecule has 0 aliphatic carbocycles. The van der Waals surface area contributed by atoms with Gasteiger partial charge < -0.3 is 4.74 Å². The summed E-state index contributed by atoms with van der Waals surface area (Å²) in [5, 5.41) is 4.06. The molecule has 20 heavy (non-hydrogen) atoms. The van der Waals surface area contributed by atoms with Gasteiger partial charge in [-0.2, -0.15) is 10.1 Å². The van der Waals surface area contributed by atoms with E-state index in [2.05, 4.69) is 20.1 Å². The summed E-state index contributed by atoms with van der Waals surface area (Å²) >= 11 is 0. The van der Waals surface area contributed by atoms with Crippen LogP contribution in [0, 0.1) is 6.92 Å². The van der Waals surface area contributed by atoms with E-state index in [4.69, 9.17) is 4.74 Å². The highest BCUT2D eigenvalue weighted by Gasteiger charge is 2.07. The number of pyridine rings is 1. The lowest BCUT2D eigenvalue weighted by atomic mass is 10.2. The minimum atomic E-state index is 0.498. The molecule has 3 aromatic heterocycles. The minimum Gasteiger partial charge on any atom is -0.436 e. The quantitative estimate of drug-likeness (QED) is 0.729. The maximum Gasteiger partial charge on any atom is 0.223 e. The van der Waals surface area contributed by atoms with E-state index in [0.29, 0.717) is 17.5 Å². The monoisotopic (exact) mass is 267 g/mol. The first-order chi connectivity index (χ1) is 9.70. The van der Waals surface area contributed by atoms with Gasteiger partial charge in [0.05, 0.1) is 12.4 Å². The number of hydrogen-bond acceptors (Lipinski definition) is 5. The third-order valence-corrected chi connectivity index (χ3v) is 2.67. The first kappa shape index (κ1) is 12.3. The smallest absolute Gasteiger partial charge is 0.223 e. The zero-order valence-electron chi connectivity index (χ0n) is 11.2. The molecule has 0 aromatic carbocycles. The Hall–Kier alpha value is -2.76. The van der Waals surface area contributed by atoms with Crippen molar-refractivity contribution in [1.82, 2.24) is 24.7 Å². The summed E-state index contributed by atoms with van der Waals surface area (Å²) in [5.41, 5.74) is 1.74. The summed E-state index contributed by atoms with van der Waals surface area (Å²) in [6.45, 7) is 1.91. The van der Waals surface area contributed by atoms with Crippen molar-refractivity contribution in [2.24, 2.45) is 7.05 Å². The maximum absolute atomic E-state index is 5.69. The summed E-state index contributed by atoms with van der Waals surface area (Å²) < 4.78 is 7.37. The van der Waals surface area contributed by atoms with Gasteiger partial charge in [-0.25, -0.2) is 4.98 Å². The molecule has 3 aromatic rings. The van der Waals surface area contributed by atoms with Gasteiger partial charge in [-0.15, -0.1) is 0 Å². The standard InChI is InChI=1S/C14H13N5O/c1-10-7-13(20-12-8-16-19(2)9-12)18-14(17-10)11-3-5-15-6-4-11/h3-9H,1-2H3. The lowest BCUT2D eigenvalue weighted by Gasteiger charge is -2.06. The average Bonchev–Trinajstić information content (AvgIpc) is 2.84. The molecule has 100 valence electrons. The molecule has 0 aliphatic heterocycles. The second-order valence-corrected chi connectivity index (χ2v) is 4.36. The molecule has 0 aliphatic rings. The van der Waals surface area contributed by atoms with Gasteiger partial charge in [-0.05, 0) is 19.1 Å². The predicted octanol–water partition coefficient (Wildman–Crippen LogP) is 2.37. The van der Waals surface area contributed by atoms with Crippen LogP contribution in [0.25, 0.3) is 11.4 Å². The van der Waals surface area contributed by atoms with E-state index in [1.54, 1.807) is 35.5 Å². The maximum atomic E-state index is 5.69. The highest BCUT2D eigenvalue weighted by molar-refractivity contribution is 5.54. The van der Waals surface area contributed by atoms with E-state index < -0.39 is 0 Å². The Morgan fingerprint density at radius 1 is 1.15 bits per heavy atom. The Bertz CT molecular complexity index is 723. The van der Waals surface area contributed by atoms with Crippen molar-refractivity contribution in [2.75, 3.05) is 0 Å². The van der Waals surface area contributed by atoms with Gasteiger partial charge in [0, 0.05) is 36.8 Å². The minimum absolute atomic E-state index is 0.498. The molecule has 0 radical (unpaired) electrons. The Balaban J connectivity index is 1.94. The van der Waals surface area contributed by atoms with Crippen molar-refractivity contribution < 1.29 is 4.74 Å². The van der Waals surface area contributed by atoms with Crippen molar-refractivity contribution in [3.63, 3.8) is 0 Å². The van der Waals surface area contributed by atoms with Crippen LogP contribution in [0.1, 0.15) is 5.69 Å². The fraction of sp³-hybridized carbons (Fsp3) is 0.143. The number of ether oxygens (including phenoxy) is 1. The Kier molecular flexibility index (Phi) is 3.12. The third-order valence-electron chi connectivity index (χ3n) is 2.67. The molecule has 6 nitrogen and oxygen atoms in total. The second kappa shape index (κ2) is 5.08. The normalized spacial score (nSPS) is 10.5. The fourth-order valence-electron chi connectivity index (χ4n) is 1.79. The van der Waals surface area contributed by atoms with E-state index in [1.165, 1.54) is 0 Å². The molecule has 0 unspecified atom stereocenters. The van der Waals surface area contributed by atoms with Crippen LogP contribution in [0.5, 0.6) is 11.6 Å². The van der Waals surface area contributed by atoms with E-state index in [1.807, 2.05) is 26.1 Å². The molecule has 6 heteroatoms. The van der Waals surface area contributed by atoms with Gasteiger partial charge in [0.15, 0.2) is 11.6 Å². The van der Waals surface area contributed by atoms with Gasteiger partial charge in [-0.3, -0.25) is 9.67 Å². The highest BCUT2D eigenvalue weighted by atomic mass is 16.5. The largest absolute Gasteiger partial charge is 0.436 e. The molecule has 0 bridgehead atoms. The lowest BCUT2D eigenvalue weighted by Crippen LogP contribution is -1.95. The van der Waals surface area contributed by atoms with E-state index in [9.17, 15) is 0 Å². The molecule has 0 fully saturated rings. The van der Waals surface area contributed by atoms with Crippen molar-refractivity contribution in [2.45, 2.75) is 6.92 Å². The molecule has 3 heterocycles. The van der Waals surface area contributed by atoms with Crippen LogP contribution < -0.4 is 4.74 Å². The summed E-state index contributed by atoms with van der Waals surface area (Å²) in [5.74, 6) is 1.76. The van der Waals surface area contributed by atoms with Crippen LogP contribution in [-0.4, -0.2) is 24.7 Å². The second-order valence-electron chi connectivity index (χ2n) is 4.36. The summed E-state index contributed by atoms with van der Waals surface area (Å²) in [6, 6.07) is 5.52. The molecule has 0 saturated carbocycles. The number of hydrogen-bond donors (Lipinski definition) is 0. The lowest BCUT2D eigenvalue weighted by molar-refractivity contribution is 0.461. The summed E-state index contributed by atoms with van der Waals surface area (Å²) in [4.78, 5) is 12.8. The summed E-state index contributed by atoms with van der Waals surface area (Å²) in [7, 11) is 1.83. The molecular formula is C14H13N5O. The molecular weight excluding hydrogens is 254 g/mol. The fourth-order valence-corrected chi connectivity index (χ4v) is 1.79. The number of aryl methyl sites for hydroxylation is 2.